The monoisotopic (exact) mass is 552 g/mol. The first-order chi connectivity index (χ1) is 19.1. The van der Waals surface area contributed by atoms with Gasteiger partial charge in [0.2, 0.25) is 5.91 Å². The summed E-state index contributed by atoms with van der Waals surface area (Å²) < 4.78 is 22.0. The minimum atomic E-state index is -0.825. The first-order valence-corrected chi connectivity index (χ1v) is 13.5. The van der Waals surface area contributed by atoms with Gasteiger partial charge in [-0.25, -0.2) is 4.79 Å². The van der Waals surface area contributed by atoms with E-state index in [0.717, 1.165) is 11.1 Å². The molecule has 2 bridgehead atoms. The van der Waals surface area contributed by atoms with Crippen LogP contribution in [0.2, 0.25) is 0 Å². The van der Waals surface area contributed by atoms with E-state index in [1.165, 1.54) is 12.0 Å². The number of ether oxygens (including phenoxy) is 4. The zero-order chi connectivity index (χ0) is 29.1. The maximum atomic E-state index is 13.8. The predicted octanol–water partition coefficient (Wildman–Crippen LogP) is 5.97. The molecule has 0 saturated heterocycles. The average Bonchev–Trinajstić information content (AvgIpc) is 2.91. The van der Waals surface area contributed by atoms with Gasteiger partial charge in [0, 0.05) is 13.0 Å². The molecule has 2 aromatic carbocycles. The number of rotatable bonds is 7. The summed E-state index contributed by atoms with van der Waals surface area (Å²) in [7, 11) is 2.97. The molecule has 0 aliphatic carbocycles. The molecule has 0 fully saturated rings. The van der Waals surface area contributed by atoms with Crippen molar-refractivity contribution in [1.29, 1.82) is 0 Å². The Hall–Kier alpha value is -4.01. The number of benzene rings is 2. The number of para-hydroxylation sites is 2. The Morgan fingerprint density at radius 1 is 1.07 bits per heavy atom. The van der Waals surface area contributed by atoms with Gasteiger partial charge < -0.3 is 24.3 Å². The molecular formula is C31H40N2O7. The molecule has 2 aromatic rings. The topological polar surface area (TPSA) is 103 Å². The van der Waals surface area contributed by atoms with Gasteiger partial charge in [-0.3, -0.25) is 14.5 Å². The molecule has 1 heterocycles. The number of fused-ring (bicyclic) bond motifs is 3. The van der Waals surface area contributed by atoms with Crippen LogP contribution in [0, 0.1) is 0 Å². The lowest BCUT2D eigenvalue weighted by atomic mass is 10.0. The maximum Gasteiger partial charge on any atom is 0.411 e. The number of carbonyl (C=O) groups is 3. The van der Waals surface area contributed by atoms with Crippen molar-refractivity contribution in [3.8, 4) is 11.5 Å². The Labute approximate surface area is 236 Å². The molecule has 0 spiro atoms. The predicted molar refractivity (Wildman–Crippen MR) is 153 cm³/mol. The lowest BCUT2D eigenvalue weighted by molar-refractivity contribution is -0.140. The summed E-state index contributed by atoms with van der Waals surface area (Å²) in [6.45, 7) is 5.80. The van der Waals surface area contributed by atoms with Gasteiger partial charge in [0.05, 0.1) is 19.9 Å². The lowest BCUT2D eigenvalue weighted by Gasteiger charge is -2.32. The zero-order valence-electron chi connectivity index (χ0n) is 24.0. The van der Waals surface area contributed by atoms with Gasteiger partial charge in [0.1, 0.15) is 29.7 Å². The third kappa shape index (κ3) is 9.32. The quantitative estimate of drug-likeness (QED) is 0.333. The number of methoxy groups -OCH3 is 2. The van der Waals surface area contributed by atoms with E-state index in [9.17, 15) is 14.4 Å². The summed E-state index contributed by atoms with van der Waals surface area (Å²) in [4.78, 5) is 40.2. The Kier molecular flexibility index (Phi) is 11.0. The van der Waals surface area contributed by atoms with E-state index in [4.69, 9.17) is 18.9 Å². The molecule has 0 saturated carbocycles. The summed E-state index contributed by atoms with van der Waals surface area (Å²) in [6, 6.07) is 12.1. The summed E-state index contributed by atoms with van der Waals surface area (Å²) in [5.41, 5.74) is 1.52. The van der Waals surface area contributed by atoms with Crippen molar-refractivity contribution in [2.45, 2.75) is 71.1 Å². The molecule has 40 heavy (non-hydrogen) atoms. The van der Waals surface area contributed by atoms with E-state index in [-0.39, 0.29) is 25.0 Å². The van der Waals surface area contributed by atoms with Crippen LogP contribution in [-0.2, 0) is 25.7 Å². The average molecular weight is 553 g/mol. The van der Waals surface area contributed by atoms with Gasteiger partial charge in [-0.2, -0.15) is 0 Å². The van der Waals surface area contributed by atoms with Crippen molar-refractivity contribution in [2.75, 3.05) is 26.1 Å². The molecule has 0 unspecified atom stereocenters. The van der Waals surface area contributed by atoms with Crippen LogP contribution >= 0.6 is 0 Å². The van der Waals surface area contributed by atoms with Gasteiger partial charge in [-0.1, -0.05) is 37.1 Å². The van der Waals surface area contributed by atoms with Crippen LogP contribution in [0.25, 0.3) is 6.08 Å². The molecule has 216 valence electrons. The Bertz CT molecular complexity index is 1200. The highest BCUT2D eigenvalue weighted by Gasteiger charge is 2.32. The second kappa shape index (κ2) is 14.4. The number of anilines is 1. The van der Waals surface area contributed by atoms with Crippen molar-refractivity contribution in [3.63, 3.8) is 0 Å². The van der Waals surface area contributed by atoms with E-state index in [1.807, 2.05) is 42.5 Å². The van der Waals surface area contributed by atoms with Gasteiger partial charge in [-0.15, -0.1) is 0 Å². The van der Waals surface area contributed by atoms with Crippen LogP contribution in [0.1, 0.15) is 64.0 Å². The van der Waals surface area contributed by atoms with Gasteiger partial charge in [0.15, 0.2) is 0 Å². The number of hydrogen-bond acceptors (Lipinski definition) is 7. The number of carbonyl (C=O) groups excluding carboxylic acids is 3. The highest BCUT2D eigenvalue weighted by Crippen LogP contribution is 2.28. The molecule has 1 aliphatic rings. The molecule has 0 radical (unpaired) electrons. The molecule has 9 nitrogen and oxygen atoms in total. The number of esters is 1. The first kappa shape index (κ1) is 30.5. The molecule has 9 heteroatoms. The Balaban J connectivity index is 1.98. The van der Waals surface area contributed by atoms with Crippen LogP contribution in [0.5, 0.6) is 11.5 Å². The fourth-order valence-corrected chi connectivity index (χ4v) is 4.32. The van der Waals surface area contributed by atoms with Crippen LogP contribution < -0.4 is 14.8 Å². The highest BCUT2D eigenvalue weighted by atomic mass is 16.6. The summed E-state index contributed by atoms with van der Waals surface area (Å²) in [6.07, 6.45) is 5.76. The molecule has 3 rings (SSSR count). The van der Waals surface area contributed by atoms with Crippen molar-refractivity contribution in [1.82, 2.24) is 4.90 Å². The summed E-state index contributed by atoms with van der Waals surface area (Å²) in [5, 5.41) is 2.97. The van der Waals surface area contributed by atoms with E-state index < -0.39 is 17.7 Å². The molecule has 1 N–H and O–H groups in total. The van der Waals surface area contributed by atoms with Crippen LogP contribution in [0.3, 0.4) is 0 Å². The third-order valence-corrected chi connectivity index (χ3v) is 6.27. The number of nitrogens with zero attached hydrogens (tertiary/aromatic N) is 1. The number of hydrogen-bond donors (Lipinski definition) is 1. The van der Waals surface area contributed by atoms with Crippen molar-refractivity contribution in [2.24, 2.45) is 0 Å². The third-order valence-electron chi connectivity index (χ3n) is 6.27. The minimum Gasteiger partial charge on any atom is -0.497 e. The zero-order valence-corrected chi connectivity index (χ0v) is 24.0. The summed E-state index contributed by atoms with van der Waals surface area (Å²) in [5.74, 6) is 0.575. The fourth-order valence-electron chi connectivity index (χ4n) is 4.32. The van der Waals surface area contributed by atoms with Gasteiger partial charge >= 0.3 is 12.1 Å². The molecule has 1 atom stereocenters. The Morgan fingerprint density at radius 2 is 1.85 bits per heavy atom. The normalized spacial score (nSPS) is 16.5. The van der Waals surface area contributed by atoms with Crippen LogP contribution in [0.4, 0.5) is 10.5 Å². The number of nitrogens with one attached hydrogen (secondary N) is 1. The van der Waals surface area contributed by atoms with Gasteiger partial charge in [0.25, 0.3) is 0 Å². The van der Waals surface area contributed by atoms with Crippen molar-refractivity contribution in [3.05, 3.63) is 59.7 Å². The van der Waals surface area contributed by atoms with E-state index in [2.05, 4.69) is 5.32 Å². The smallest absolute Gasteiger partial charge is 0.411 e. The molecule has 2 amide bonds. The second-order valence-corrected chi connectivity index (χ2v) is 10.6. The van der Waals surface area contributed by atoms with E-state index in [0.29, 0.717) is 49.3 Å². The van der Waals surface area contributed by atoms with Crippen molar-refractivity contribution >= 4 is 29.7 Å². The first-order valence-electron chi connectivity index (χ1n) is 13.5. The fraction of sp³-hybridized carbons (Fsp3) is 0.452. The largest absolute Gasteiger partial charge is 0.497 e. The van der Waals surface area contributed by atoms with Gasteiger partial charge in [-0.05, 0) is 75.1 Å². The van der Waals surface area contributed by atoms with Crippen LogP contribution in [0.15, 0.2) is 48.5 Å². The Morgan fingerprint density at radius 3 is 2.58 bits per heavy atom. The molecular weight excluding hydrogens is 512 g/mol. The van der Waals surface area contributed by atoms with Crippen molar-refractivity contribution < 1.29 is 33.3 Å². The minimum absolute atomic E-state index is 0.153. The number of unbranched alkanes of at least 4 members (excludes halogenated alkanes) is 2. The molecule has 0 aromatic heterocycles. The highest BCUT2D eigenvalue weighted by molar-refractivity contribution is 5.97. The number of amides is 2. The standard InChI is InChI=1S/C31H40N2O7/c1-31(2,3)40-30(36)33-17-11-12-22-18-23(20-24(19-22)37-4)21-39-27-15-10-9-13-25(27)32-29(35)26(33)14-7-6-8-16-28(34)38-5/h9-13,15,18-20,26H,6-8,14,16-17,21H2,1-5H3,(H,32,35)/b12-11-/t26-/m0/s1. The lowest BCUT2D eigenvalue weighted by Crippen LogP contribution is -2.49. The maximum absolute atomic E-state index is 13.8. The van der Waals surface area contributed by atoms with E-state index >= 15 is 0 Å². The van der Waals surface area contributed by atoms with E-state index in [1.54, 1.807) is 40.0 Å². The summed E-state index contributed by atoms with van der Waals surface area (Å²) >= 11 is 0. The van der Waals surface area contributed by atoms with Crippen LogP contribution in [-0.4, -0.2) is 55.3 Å². The molecule has 1 aliphatic heterocycles. The second-order valence-electron chi connectivity index (χ2n) is 10.6. The SMILES string of the molecule is COC(=O)CCCCC[C@H]1C(=O)Nc2ccccc2OCc2cc(cc(OC)c2)/C=C\CN1C(=O)OC(C)(C)C.